The largest absolute Gasteiger partial charge is 0.393 e. The Morgan fingerprint density at radius 3 is 1.73 bits per heavy atom. The van der Waals surface area contributed by atoms with Gasteiger partial charge in [-0.3, -0.25) is 4.90 Å². The fourth-order valence-corrected chi connectivity index (χ4v) is 3.98. The summed E-state index contributed by atoms with van der Waals surface area (Å²) in [5.41, 5.74) is 6.38. The van der Waals surface area contributed by atoms with Crippen LogP contribution in [-0.2, 0) is 14.3 Å². The number of carbonyl (C=O) groups excluding carboxylic acids is 2. The first kappa shape index (κ1) is 36.5. The van der Waals surface area contributed by atoms with E-state index in [0.29, 0.717) is 6.61 Å². The molecule has 1 aliphatic heterocycles. The Bertz CT molecular complexity index is 507. The lowest BCUT2D eigenvalue weighted by Gasteiger charge is -2.52. The maximum atomic E-state index is 9.67. The fourth-order valence-electron chi connectivity index (χ4n) is 3.98. The van der Waals surface area contributed by atoms with Crippen LogP contribution in [0.3, 0.4) is 0 Å². The highest BCUT2D eigenvalue weighted by Gasteiger charge is 2.42. The number of aliphatic hydroxyl groups is 1. The number of nitrogens with two attached hydrogens (primary N) is 1. The monoisotopic (exact) mass is 472 g/mol. The molecule has 33 heavy (non-hydrogen) atoms. The SMILES string of the molecule is C=CCOC(CC(C)(C)C)CC(C)(C)N.C=O.CC(C)=O.CN1C(C)(C)CC(O)CC1(C)C. The third-order valence-corrected chi connectivity index (χ3v) is 5.33. The Morgan fingerprint density at radius 2 is 1.45 bits per heavy atom. The second-order valence-electron chi connectivity index (χ2n) is 12.4. The summed E-state index contributed by atoms with van der Waals surface area (Å²) in [6.07, 6.45) is 5.56. The molecule has 0 spiro atoms. The molecule has 0 radical (unpaired) electrons. The summed E-state index contributed by atoms with van der Waals surface area (Å²) in [7, 11) is 2.14. The Morgan fingerprint density at radius 1 is 1.09 bits per heavy atom. The minimum atomic E-state index is -0.170. The molecule has 0 aromatic rings. The normalized spacial score (nSPS) is 18.8. The van der Waals surface area contributed by atoms with E-state index in [1.807, 2.05) is 20.6 Å². The quantitative estimate of drug-likeness (QED) is 0.519. The molecule has 0 saturated carbocycles. The smallest absolute Gasteiger partial charge is 0.126 e. The molecule has 1 saturated heterocycles. The number of Topliss-reactive ketones (excluding diaryl/α,β-unsaturated/α-hetero) is 1. The van der Waals surface area contributed by atoms with Crippen LogP contribution in [0.25, 0.3) is 0 Å². The van der Waals surface area contributed by atoms with Crippen molar-refractivity contribution >= 4 is 12.6 Å². The lowest BCUT2D eigenvalue weighted by molar-refractivity contribution is -0.115. The van der Waals surface area contributed by atoms with E-state index in [1.165, 1.54) is 13.8 Å². The average Bonchev–Trinajstić information content (AvgIpc) is 2.56. The van der Waals surface area contributed by atoms with Crippen LogP contribution in [0.5, 0.6) is 0 Å². The molecule has 0 aromatic carbocycles. The highest BCUT2D eigenvalue weighted by molar-refractivity contribution is 5.72. The molecule has 1 rings (SSSR count). The standard InChI is InChI=1S/C13H27NO.C10H21NO.C3H6O.CH2O/c1-7-8-15-11(9-12(2,3)4)10-13(5,6)14;1-9(2)6-8(12)7-10(3,4)11(9)5;1-3(2)4;1-2/h7,11H,1,8-10,14H2,2-6H3;8,12H,6-7H2,1-5H3;1-2H3;1H2. The molecule has 0 aromatic heterocycles. The van der Waals surface area contributed by atoms with Gasteiger partial charge in [-0.05, 0) is 93.5 Å². The molecule has 6 nitrogen and oxygen atoms in total. The van der Waals surface area contributed by atoms with E-state index >= 15 is 0 Å². The van der Waals surface area contributed by atoms with Gasteiger partial charge in [0.15, 0.2) is 0 Å². The van der Waals surface area contributed by atoms with Crippen molar-refractivity contribution in [3.8, 4) is 0 Å². The van der Waals surface area contributed by atoms with Crippen molar-refractivity contribution in [1.29, 1.82) is 0 Å². The molecular weight excluding hydrogens is 416 g/mol. The summed E-state index contributed by atoms with van der Waals surface area (Å²) in [5.74, 6) is 0.167. The van der Waals surface area contributed by atoms with Gasteiger partial charge in [0.05, 0.1) is 18.8 Å². The average molecular weight is 473 g/mol. The highest BCUT2D eigenvalue weighted by Crippen LogP contribution is 2.36. The predicted molar refractivity (Wildman–Crippen MR) is 142 cm³/mol. The number of ether oxygens (including phenoxy) is 1. The predicted octanol–water partition coefficient (Wildman–Crippen LogP) is 5.16. The maximum Gasteiger partial charge on any atom is 0.126 e. The maximum absolute atomic E-state index is 9.67. The van der Waals surface area contributed by atoms with Crippen LogP contribution in [0.2, 0.25) is 0 Å². The summed E-state index contributed by atoms with van der Waals surface area (Å²) in [5, 5.41) is 9.67. The van der Waals surface area contributed by atoms with Crippen LogP contribution in [0.1, 0.15) is 102 Å². The number of rotatable bonds is 6. The second kappa shape index (κ2) is 15.8. The molecule has 1 fully saturated rings. The van der Waals surface area contributed by atoms with Gasteiger partial charge in [0.2, 0.25) is 0 Å². The van der Waals surface area contributed by atoms with Crippen LogP contribution < -0.4 is 5.73 Å². The molecule has 0 amide bonds. The van der Waals surface area contributed by atoms with Gasteiger partial charge in [-0.2, -0.15) is 0 Å². The van der Waals surface area contributed by atoms with Gasteiger partial charge in [0.25, 0.3) is 0 Å². The van der Waals surface area contributed by atoms with Gasteiger partial charge in [-0.15, -0.1) is 6.58 Å². The molecule has 0 bridgehead atoms. The number of ketones is 1. The summed E-state index contributed by atoms with van der Waals surface area (Å²) < 4.78 is 5.75. The second-order valence-corrected chi connectivity index (χ2v) is 12.4. The van der Waals surface area contributed by atoms with E-state index in [2.05, 4.69) is 67.0 Å². The molecule has 198 valence electrons. The van der Waals surface area contributed by atoms with Gasteiger partial charge in [-0.25, -0.2) is 0 Å². The van der Waals surface area contributed by atoms with Crippen molar-refractivity contribution in [3.63, 3.8) is 0 Å². The van der Waals surface area contributed by atoms with E-state index in [-0.39, 0.29) is 40.0 Å². The van der Waals surface area contributed by atoms with Crippen molar-refractivity contribution in [2.45, 2.75) is 131 Å². The Hall–Kier alpha value is -1.08. The minimum Gasteiger partial charge on any atom is -0.393 e. The number of hydrogen-bond donors (Lipinski definition) is 2. The summed E-state index contributed by atoms with van der Waals surface area (Å²) in [6.45, 7) is 28.9. The summed E-state index contributed by atoms with van der Waals surface area (Å²) >= 11 is 0. The first-order valence-electron chi connectivity index (χ1n) is 11.8. The number of likely N-dealkylation sites (tertiary alicyclic amines) is 1. The van der Waals surface area contributed by atoms with Crippen molar-refractivity contribution < 1.29 is 19.4 Å². The zero-order chi connectivity index (χ0) is 27.3. The van der Waals surface area contributed by atoms with Crippen molar-refractivity contribution in [2.24, 2.45) is 11.1 Å². The molecule has 1 heterocycles. The zero-order valence-electron chi connectivity index (χ0n) is 23.9. The molecule has 6 heteroatoms. The van der Waals surface area contributed by atoms with Gasteiger partial charge in [-0.1, -0.05) is 26.8 Å². The third-order valence-electron chi connectivity index (χ3n) is 5.33. The van der Waals surface area contributed by atoms with Crippen molar-refractivity contribution in [3.05, 3.63) is 12.7 Å². The first-order chi connectivity index (χ1) is 14.6. The molecular formula is C27H56N2O4. The highest BCUT2D eigenvalue weighted by atomic mass is 16.5. The molecule has 3 N–H and O–H groups in total. The Labute approximate surface area is 205 Å². The van der Waals surface area contributed by atoms with Crippen LogP contribution in [0.15, 0.2) is 12.7 Å². The van der Waals surface area contributed by atoms with Crippen LogP contribution in [-0.4, -0.2) is 65.1 Å². The first-order valence-corrected chi connectivity index (χ1v) is 11.8. The van der Waals surface area contributed by atoms with E-state index in [9.17, 15) is 9.90 Å². The van der Waals surface area contributed by atoms with Gasteiger partial charge in [0.1, 0.15) is 12.6 Å². The lowest BCUT2D eigenvalue weighted by atomic mass is 9.79. The summed E-state index contributed by atoms with van der Waals surface area (Å²) in [4.78, 5) is 19.8. The van der Waals surface area contributed by atoms with Crippen LogP contribution in [0.4, 0.5) is 0 Å². The van der Waals surface area contributed by atoms with E-state index < -0.39 is 0 Å². The number of aliphatic hydroxyl groups excluding tert-OH is 1. The number of piperidine rings is 1. The van der Waals surface area contributed by atoms with Gasteiger partial charge in [0, 0.05) is 16.6 Å². The zero-order valence-corrected chi connectivity index (χ0v) is 23.9. The van der Waals surface area contributed by atoms with E-state index in [4.69, 9.17) is 15.3 Å². The molecule has 1 unspecified atom stereocenters. The van der Waals surface area contributed by atoms with Crippen LogP contribution in [0, 0.1) is 5.41 Å². The summed E-state index contributed by atoms with van der Waals surface area (Å²) in [6, 6.07) is 0. The Balaban J connectivity index is -0.000000445. The minimum absolute atomic E-state index is 0.126. The number of hydrogen-bond acceptors (Lipinski definition) is 6. The van der Waals surface area contributed by atoms with E-state index in [0.717, 1.165) is 25.7 Å². The fraction of sp³-hybridized carbons (Fsp3) is 0.852. The van der Waals surface area contributed by atoms with E-state index in [1.54, 1.807) is 6.08 Å². The van der Waals surface area contributed by atoms with Gasteiger partial charge < -0.3 is 25.2 Å². The number of nitrogens with zero attached hydrogens (tertiary/aromatic N) is 1. The molecule has 1 aliphatic rings. The van der Waals surface area contributed by atoms with Gasteiger partial charge >= 0.3 is 0 Å². The van der Waals surface area contributed by atoms with Crippen LogP contribution >= 0.6 is 0 Å². The topological polar surface area (TPSA) is 92.9 Å². The van der Waals surface area contributed by atoms with Crippen molar-refractivity contribution in [2.75, 3.05) is 13.7 Å². The molecule has 0 aliphatic carbocycles. The van der Waals surface area contributed by atoms with Crippen molar-refractivity contribution in [1.82, 2.24) is 4.90 Å². The lowest BCUT2D eigenvalue weighted by Crippen LogP contribution is -2.59. The molecule has 1 atom stereocenters. The number of carbonyl (C=O) groups is 2. The third kappa shape index (κ3) is 21.2. The Kier molecular flexibility index (Phi) is 17.4.